The van der Waals surface area contributed by atoms with E-state index in [1.165, 1.54) is 49.4 Å². The fourth-order valence-corrected chi connectivity index (χ4v) is 2.82. The molecular weight excluding hydrogens is 397 g/mol. The summed E-state index contributed by atoms with van der Waals surface area (Å²) >= 11 is 0. The smallest absolute Gasteiger partial charge is 0.326 e. The van der Waals surface area contributed by atoms with Crippen molar-refractivity contribution in [3.05, 3.63) is 75.6 Å². The number of halogens is 1. The van der Waals surface area contributed by atoms with Crippen LogP contribution in [-0.2, 0) is 27.2 Å². The Morgan fingerprint density at radius 2 is 1.67 bits per heavy atom. The molecule has 0 spiro atoms. The Bertz CT molecular complexity index is 948. The number of nitrogens with zero attached hydrogens (tertiary/aromatic N) is 1. The van der Waals surface area contributed by atoms with E-state index in [0.717, 1.165) is 0 Å². The number of aliphatic carboxylic acids is 1. The highest BCUT2D eigenvalue weighted by atomic mass is 19.1. The maximum Gasteiger partial charge on any atom is 0.326 e. The highest BCUT2D eigenvalue weighted by molar-refractivity contribution is 5.90. The first-order valence-corrected chi connectivity index (χ1v) is 8.93. The van der Waals surface area contributed by atoms with Crippen LogP contribution < -0.4 is 10.6 Å². The molecule has 2 rings (SSSR count). The van der Waals surface area contributed by atoms with Crippen molar-refractivity contribution in [1.29, 1.82) is 0 Å². The minimum Gasteiger partial charge on any atom is -0.480 e. The number of non-ortho nitro benzene ring substituents is 1. The third-order valence-electron chi connectivity index (χ3n) is 4.22. The van der Waals surface area contributed by atoms with Crippen LogP contribution in [0.15, 0.2) is 48.5 Å². The zero-order chi connectivity index (χ0) is 22.3. The lowest BCUT2D eigenvalue weighted by molar-refractivity contribution is -0.384. The summed E-state index contributed by atoms with van der Waals surface area (Å²) in [7, 11) is 0. The molecule has 0 saturated heterocycles. The number of nitro groups is 1. The van der Waals surface area contributed by atoms with E-state index in [0.29, 0.717) is 11.1 Å². The van der Waals surface area contributed by atoms with E-state index in [9.17, 15) is 34.0 Å². The molecule has 0 aliphatic heterocycles. The largest absolute Gasteiger partial charge is 0.480 e. The third kappa shape index (κ3) is 6.66. The van der Waals surface area contributed by atoms with Crippen molar-refractivity contribution in [2.45, 2.75) is 31.8 Å². The molecule has 0 fully saturated rings. The number of hydrogen-bond acceptors (Lipinski definition) is 5. The van der Waals surface area contributed by atoms with E-state index < -0.39 is 40.6 Å². The van der Waals surface area contributed by atoms with Gasteiger partial charge in [0.05, 0.1) is 4.92 Å². The summed E-state index contributed by atoms with van der Waals surface area (Å²) in [4.78, 5) is 45.9. The average Bonchev–Trinajstić information content (AvgIpc) is 2.67. The molecule has 0 saturated carbocycles. The molecule has 0 radical (unpaired) electrons. The molecule has 0 unspecified atom stereocenters. The van der Waals surface area contributed by atoms with Crippen LogP contribution in [0.2, 0.25) is 0 Å². The van der Waals surface area contributed by atoms with E-state index >= 15 is 0 Å². The summed E-state index contributed by atoms with van der Waals surface area (Å²) in [5.74, 6) is -3.07. The predicted molar refractivity (Wildman–Crippen MR) is 104 cm³/mol. The Kier molecular flexibility index (Phi) is 7.56. The second kappa shape index (κ2) is 10.1. The molecule has 2 atom stereocenters. The van der Waals surface area contributed by atoms with Gasteiger partial charge in [0.15, 0.2) is 0 Å². The van der Waals surface area contributed by atoms with Crippen LogP contribution in [0.3, 0.4) is 0 Å². The summed E-state index contributed by atoms with van der Waals surface area (Å²) in [6.07, 6.45) is -0.154. The summed E-state index contributed by atoms with van der Waals surface area (Å²) in [6, 6.07) is 8.33. The number of nitrogens with one attached hydrogen (secondary N) is 2. The van der Waals surface area contributed by atoms with E-state index in [2.05, 4.69) is 10.6 Å². The Morgan fingerprint density at radius 1 is 1.03 bits per heavy atom. The molecule has 9 nitrogen and oxygen atoms in total. The first kappa shape index (κ1) is 22.5. The average molecular weight is 417 g/mol. The van der Waals surface area contributed by atoms with Crippen LogP contribution in [0.1, 0.15) is 18.1 Å². The van der Waals surface area contributed by atoms with Crippen molar-refractivity contribution in [2.24, 2.45) is 0 Å². The molecule has 0 aromatic heterocycles. The highest BCUT2D eigenvalue weighted by Gasteiger charge is 2.26. The number of rotatable bonds is 9. The Balaban J connectivity index is 2.13. The van der Waals surface area contributed by atoms with Crippen molar-refractivity contribution in [1.82, 2.24) is 10.6 Å². The second-order valence-corrected chi connectivity index (χ2v) is 6.61. The van der Waals surface area contributed by atoms with Crippen LogP contribution in [0.25, 0.3) is 0 Å². The van der Waals surface area contributed by atoms with Crippen molar-refractivity contribution >= 4 is 23.5 Å². The van der Waals surface area contributed by atoms with Crippen molar-refractivity contribution < 1.29 is 28.8 Å². The third-order valence-corrected chi connectivity index (χ3v) is 4.22. The number of carboxylic acids is 1. The molecule has 0 aliphatic rings. The number of carbonyl (C=O) groups excluding carboxylic acids is 2. The molecule has 158 valence electrons. The van der Waals surface area contributed by atoms with Gasteiger partial charge in [-0.3, -0.25) is 19.7 Å². The number of hydrogen-bond donors (Lipinski definition) is 3. The number of benzene rings is 2. The van der Waals surface area contributed by atoms with Crippen LogP contribution in [-0.4, -0.2) is 39.9 Å². The first-order chi connectivity index (χ1) is 14.2. The molecule has 30 heavy (non-hydrogen) atoms. The van der Waals surface area contributed by atoms with Gasteiger partial charge in [-0.2, -0.15) is 0 Å². The summed E-state index contributed by atoms with van der Waals surface area (Å²) in [5, 5.41) is 25.0. The molecule has 2 amide bonds. The van der Waals surface area contributed by atoms with Gasteiger partial charge >= 0.3 is 5.97 Å². The molecular formula is C20H20FN3O6. The fourth-order valence-electron chi connectivity index (χ4n) is 2.82. The first-order valence-electron chi connectivity index (χ1n) is 8.93. The molecule has 3 N–H and O–H groups in total. The van der Waals surface area contributed by atoms with Gasteiger partial charge in [-0.15, -0.1) is 0 Å². The maximum absolute atomic E-state index is 13.4. The van der Waals surface area contributed by atoms with E-state index in [-0.39, 0.29) is 18.5 Å². The lowest BCUT2D eigenvalue weighted by Gasteiger charge is -2.21. The van der Waals surface area contributed by atoms with Gasteiger partial charge in [-0.05, 0) is 23.3 Å². The molecule has 0 bridgehead atoms. The van der Waals surface area contributed by atoms with E-state index in [1.54, 1.807) is 6.07 Å². The van der Waals surface area contributed by atoms with Gasteiger partial charge < -0.3 is 15.7 Å². The molecule has 2 aromatic carbocycles. The lowest BCUT2D eigenvalue weighted by atomic mass is 10.0. The summed E-state index contributed by atoms with van der Waals surface area (Å²) in [5.41, 5.74) is 0.774. The van der Waals surface area contributed by atoms with Gasteiger partial charge in [0.1, 0.15) is 17.9 Å². The van der Waals surface area contributed by atoms with Crippen molar-refractivity contribution in [2.75, 3.05) is 0 Å². The van der Waals surface area contributed by atoms with Gasteiger partial charge in [-0.25, -0.2) is 9.18 Å². The van der Waals surface area contributed by atoms with Crippen molar-refractivity contribution in [3.8, 4) is 0 Å². The van der Waals surface area contributed by atoms with Crippen LogP contribution in [0, 0.1) is 15.9 Å². The van der Waals surface area contributed by atoms with Gasteiger partial charge in [0.2, 0.25) is 11.8 Å². The monoisotopic (exact) mass is 417 g/mol. The SMILES string of the molecule is CC(=O)N[C@@H](Cc1cccc(F)c1)C(=O)N[C@@H](Cc1ccc([N+](=O)[O-])cc1)C(=O)O. The Morgan fingerprint density at radius 3 is 2.20 bits per heavy atom. The van der Waals surface area contributed by atoms with Crippen LogP contribution >= 0.6 is 0 Å². The fraction of sp³-hybridized carbons (Fsp3) is 0.250. The zero-order valence-corrected chi connectivity index (χ0v) is 16.0. The maximum atomic E-state index is 13.4. The number of carboxylic acid groups (broad SMARTS) is 1. The predicted octanol–water partition coefficient (Wildman–Crippen LogP) is 1.59. The Labute approximate surface area is 171 Å². The van der Waals surface area contributed by atoms with Gasteiger partial charge in [0, 0.05) is 31.9 Å². The number of carbonyl (C=O) groups is 3. The highest BCUT2D eigenvalue weighted by Crippen LogP contribution is 2.14. The van der Waals surface area contributed by atoms with Crippen molar-refractivity contribution in [3.63, 3.8) is 0 Å². The van der Waals surface area contributed by atoms with E-state index in [4.69, 9.17) is 0 Å². The van der Waals surface area contributed by atoms with Gasteiger partial charge in [-0.1, -0.05) is 24.3 Å². The lowest BCUT2D eigenvalue weighted by Crippen LogP contribution is -2.52. The quantitative estimate of drug-likeness (QED) is 0.418. The standard InChI is InChI=1S/C20H20FN3O6/c1-12(25)22-17(11-14-3-2-4-15(21)9-14)19(26)23-18(20(27)28)10-13-5-7-16(8-6-13)24(29)30/h2-9,17-18H,10-11H2,1H3,(H,22,25)(H,23,26)(H,27,28)/t17-,18-/m0/s1. The zero-order valence-electron chi connectivity index (χ0n) is 16.0. The molecule has 10 heteroatoms. The minimum absolute atomic E-state index is 0.0347. The van der Waals surface area contributed by atoms with Gasteiger partial charge in [0.25, 0.3) is 5.69 Å². The molecule has 0 aliphatic carbocycles. The number of amides is 2. The summed E-state index contributed by atoms with van der Waals surface area (Å²) in [6.45, 7) is 1.21. The molecule has 0 heterocycles. The minimum atomic E-state index is -1.33. The second-order valence-electron chi connectivity index (χ2n) is 6.61. The molecule has 2 aromatic rings. The Hall–Kier alpha value is -3.82. The topological polar surface area (TPSA) is 139 Å². The number of nitro benzene ring substituents is 1. The normalized spacial score (nSPS) is 12.5. The van der Waals surface area contributed by atoms with Crippen LogP contribution in [0.5, 0.6) is 0 Å². The van der Waals surface area contributed by atoms with Crippen LogP contribution in [0.4, 0.5) is 10.1 Å². The van der Waals surface area contributed by atoms with E-state index in [1.807, 2.05) is 0 Å². The summed E-state index contributed by atoms with van der Waals surface area (Å²) < 4.78 is 13.4.